The van der Waals surface area contributed by atoms with Gasteiger partial charge < -0.3 is 9.74 Å². The summed E-state index contributed by atoms with van der Waals surface area (Å²) >= 11 is 0. The highest BCUT2D eigenvalue weighted by atomic mass is 16.6. The Hall–Kier alpha value is -2.13. The number of nitrogens with zero attached hydrogens (tertiary/aromatic N) is 2. The molecular weight excluding hydrogens is 320 g/mol. The molecule has 2 aromatic carbocycles. The summed E-state index contributed by atoms with van der Waals surface area (Å²) in [7, 11) is 0. The highest BCUT2D eigenvalue weighted by Gasteiger charge is 2.06. The van der Waals surface area contributed by atoms with Crippen LogP contribution in [0.3, 0.4) is 0 Å². The lowest BCUT2D eigenvalue weighted by Crippen LogP contribution is -2.26. The van der Waals surface area contributed by atoms with Gasteiger partial charge in [0, 0.05) is 6.54 Å². The summed E-state index contributed by atoms with van der Waals surface area (Å²) in [6, 6.07) is 19.2. The largest absolute Gasteiger partial charge is 0.394 e. The van der Waals surface area contributed by atoms with Gasteiger partial charge in [0.15, 0.2) is 0 Å². The van der Waals surface area contributed by atoms with Crippen molar-refractivity contribution in [1.82, 2.24) is 4.90 Å². The minimum Gasteiger partial charge on any atom is -0.394 e. The first-order valence-corrected chi connectivity index (χ1v) is 9.75. The molecule has 2 aromatic rings. The number of likely N-dealkylation sites (N-methyl/N-ethyl adjacent to an activating group) is 1. The van der Waals surface area contributed by atoms with Crippen molar-refractivity contribution in [3.63, 3.8) is 0 Å². The van der Waals surface area contributed by atoms with Gasteiger partial charge in [0.05, 0.1) is 5.71 Å². The number of aryl methyl sites for hydroxylation is 2. The molecule has 140 valence electrons. The summed E-state index contributed by atoms with van der Waals surface area (Å²) in [5.41, 5.74) is 4.84. The second-order valence-electron chi connectivity index (χ2n) is 6.60. The molecule has 0 aliphatic rings. The lowest BCUT2D eigenvalue weighted by Gasteiger charge is -2.16. The van der Waals surface area contributed by atoms with Crippen molar-refractivity contribution in [3.8, 4) is 0 Å². The van der Waals surface area contributed by atoms with Crippen LogP contribution in [0.4, 0.5) is 0 Å². The van der Waals surface area contributed by atoms with E-state index in [0.717, 1.165) is 50.2 Å². The molecule has 0 radical (unpaired) electrons. The standard InChI is InChI=1S/C23H32N2O/c1-4-25(5-2)18-19-26-24-23(22-16-14-20(3)15-17-22)13-9-12-21-10-7-6-8-11-21/h6-8,10-11,14-17H,4-5,9,12-13,18-19H2,1-3H3. The van der Waals surface area contributed by atoms with Crippen molar-refractivity contribution in [2.24, 2.45) is 5.16 Å². The zero-order valence-corrected chi connectivity index (χ0v) is 16.4. The van der Waals surface area contributed by atoms with E-state index < -0.39 is 0 Å². The van der Waals surface area contributed by atoms with E-state index in [1.165, 1.54) is 11.1 Å². The molecule has 0 aliphatic carbocycles. The molecule has 0 unspecified atom stereocenters. The normalized spacial score (nSPS) is 11.8. The molecule has 0 atom stereocenters. The topological polar surface area (TPSA) is 24.8 Å². The SMILES string of the molecule is CCN(CC)CCON=C(CCCc1ccccc1)c1ccc(C)cc1. The van der Waals surface area contributed by atoms with E-state index >= 15 is 0 Å². The van der Waals surface area contributed by atoms with Gasteiger partial charge in [-0.1, -0.05) is 79.2 Å². The number of oxime groups is 1. The Morgan fingerprint density at radius 1 is 0.962 bits per heavy atom. The Labute approximate surface area is 158 Å². The van der Waals surface area contributed by atoms with Gasteiger partial charge in [0.25, 0.3) is 0 Å². The molecule has 0 spiro atoms. The van der Waals surface area contributed by atoms with Gasteiger partial charge in [-0.15, -0.1) is 0 Å². The van der Waals surface area contributed by atoms with E-state index in [4.69, 9.17) is 4.84 Å². The van der Waals surface area contributed by atoms with Crippen LogP contribution in [0.1, 0.15) is 43.4 Å². The highest BCUT2D eigenvalue weighted by Crippen LogP contribution is 2.12. The van der Waals surface area contributed by atoms with Crippen molar-refractivity contribution >= 4 is 5.71 Å². The second kappa shape index (κ2) is 11.5. The molecule has 0 N–H and O–H groups in total. The fourth-order valence-corrected chi connectivity index (χ4v) is 2.93. The minimum absolute atomic E-state index is 0.635. The van der Waals surface area contributed by atoms with Crippen LogP contribution >= 0.6 is 0 Å². The van der Waals surface area contributed by atoms with E-state index in [0.29, 0.717) is 6.61 Å². The first kappa shape index (κ1) is 20.2. The van der Waals surface area contributed by atoms with Crippen LogP contribution in [0.5, 0.6) is 0 Å². The fraction of sp³-hybridized carbons (Fsp3) is 0.435. The highest BCUT2D eigenvalue weighted by molar-refractivity contribution is 6.00. The Balaban J connectivity index is 1.94. The molecule has 26 heavy (non-hydrogen) atoms. The quantitative estimate of drug-likeness (QED) is 0.320. The van der Waals surface area contributed by atoms with E-state index in [9.17, 15) is 0 Å². The first-order valence-electron chi connectivity index (χ1n) is 9.75. The van der Waals surface area contributed by atoms with Crippen LogP contribution in [-0.2, 0) is 11.3 Å². The minimum atomic E-state index is 0.635. The lowest BCUT2D eigenvalue weighted by molar-refractivity contribution is 0.114. The third-order valence-corrected chi connectivity index (χ3v) is 4.67. The van der Waals surface area contributed by atoms with Crippen LogP contribution < -0.4 is 0 Å². The maximum atomic E-state index is 5.66. The summed E-state index contributed by atoms with van der Waals surface area (Å²) < 4.78 is 0. The van der Waals surface area contributed by atoms with Crippen molar-refractivity contribution < 1.29 is 4.84 Å². The molecule has 3 nitrogen and oxygen atoms in total. The molecule has 0 fully saturated rings. The summed E-state index contributed by atoms with van der Waals surface area (Å²) in [5, 5.41) is 4.49. The first-order chi connectivity index (χ1) is 12.7. The maximum Gasteiger partial charge on any atom is 0.129 e. The fourth-order valence-electron chi connectivity index (χ4n) is 2.93. The van der Waals surface area contributed by atoms with Crippen LogP contribution in [0.25, 0.3) is 0 Å². The van der Waals surface area contributed by atoms with E-state index in [1.54, 1.807) is 0 Å². The Bertz CT molecular complexity index is 646. The zero-order valence-electron chi connectivity index (χ0n) is 16.4. The monoisotopic (exact) mass is 352 g/mol. The molecule has 0 heterocycles. The molecule has 0 aromatic heterocycles. The Kier molecular flexibility index (Phi) is 8.91. The van der Waals surface area contributed by atoms with Crippen LogP contribution in [0.2, 0.25) is 0 Å². The molecule has 0 saturated carbocycles. The predicted molar refractivity (Wildman–Crippen MR) is 111 cm³/mol. The maximum absolute atomic E-state index is 5.66. The molecule has 0 amide bonds. The van der Waals surface area contributed by atoms with E-state index in [2.05, 4.69) is 85.4 Å². The summed E-state index contributed by atoms with van der Waals surface area (Å²) in [6.07, 6.45) is 3.05. The molecule has 0 saturated heterocycles. The van der Waals surface area contributed by atoms with Gasteiger partial charge in [-0.2, -0.15) is 0 Å². The van der Waals surface area contributed by atoms with E-state index in [-0.39, 0.29) is 0 Å². The van der Waals surface area contributed by atoms with Gasteiger partial charge in [0.1, 0.15) is 6.61 Å². The lowest BCUT2D eigenvalue weighted by atomic mass is 10.0. The zero-order chi connectivity index (χ0) is 18.6. The summed E-state index contributed by atoms with van der Waals surface area (Å²) in [5.74, 6) is 0. The Morgan fingerprint density at radius 2 is 1.65 bits per heavy atom. The number of hydrogen-bond acceptors (Lipinski definition) is 3. The molecule has 0 bridgehead atoms. The van der Waals surface area contributed by atoms with Gasteiger partial charge in [-0.05, 0) is 50.4 Å². The van der Waals surface area contributed by atoms with Gasteiger partial charge in [-0.3, -0.25) is 0 Å². The van der Waals surface area contributed by atoms with Gasteiger partial charge in [0.2, 0.25) is 0 Å². The predicted octanol–water partition coefficient (Wildman–Crippen LogP) is 5.08. The summed E-state index contributed by atoms with van der Waals surface area (Å²) in [6.45, 7) is 10.1. The van der Waals surface area contributed by atoms with Crippen LogP contribution in [-0.4, -0.2) is 36.9 Å². The second-order valence-corrected chi connectivity index (χ2v) is 6.60. The molecule has 3 heteroatoms. The summed E-state index contributed by atoms with van der Waals surface area (Å²) in [4.78, 5) is 8.01. The molecule has 2 rings (SSSR count). The van der Waals surface area contributed by atoms with Crippen molar-refractivity contribution in [2.75, 3.05) is 26.2 Å². The third-order valence-electron chi connectivity index (χ3n) is 4.67. The number of benzene rings is 2. The van der Waals surface area contributed by atoms with Crippen molar-refractivity contribution in [3.05, 3.63) is 71.3 Å². The number of hydrogen-bond donors (Lipinski definition) is 0. The third kappa shape index (κ3) is 7.01. The average Bonchev–Trinajstić information content (AvgIpc) is 2.68. The Morgan fingerprint density at radius 3 is 2.31 bits per heavy atom. The smallest absolute Gasteiger partial charge is 0.129 e. The van der Waals surface area contributed by atoms with Crippen LogP contribution in [0.15, 0.2) is 59.8 Å². The number of rotatable bonds is 11. The molecular formula is C23H32N2O. The van der Waals surface area contributed by atoms with Crippen molar-refractivity contribution in [1.29, 1.82) is 0 Å². The van der Waals surface area contributed by atoms with Gasteiger partial charge >= 0.3 is 0 Å². The average molecular weight is 353 g/mol. The van der Waals surface area contributed by atoms with Gasteiger partial charge in [-0.25, -0.2) is 0 Å². The molecule has 0 aliphatic heterocycles. The van der Waals surface area contributed by atoms with Crippen molar-refractivity contribution in [2.45, 2.75) is 40.0 Å². The van der Waals surface area contributed by atoms with Crippen LogP contribution in [0, 0.1) is 6.92 Å². The van der Waals surface area contributed by atoms with E-state index in [1.807, 2.05) is 0 Å².